The summed E-state index contributed by atoms with van der Waals surface area (Å²) in [7, 11) is 0. The zero-order valence-electron chi connectivity index (χ0n) is 6.15. The van der Waals surface area contributed by atoms with Crippen molar-refractivity contribution < 1.29 is 9.53 Å². The van der Waals surface area contributed by atoms with E-state index in [2.05, 4.69) is 15.9 Å². The lowest BCUT2D eigenvalue weighted by Gasteiger charge is -2.15. The molecule has 0 aliphatic rings. The molecule has 10 heavy (non-hydrogen) atoms. The second-order valence-electron chi connectivity index (χ2n) is 2.42. The quantitative estimate of drug-likeness (QED) is 0.536. The second kappa shape index (κ2) is 3.58. The smallest absolute Gasteiger partial charge is 0.323 e. The van der Waals surface area contributed by atoms with E-state index in [9.17, 15) is 4.79 Å². The number of ether oxygens (including phenoxy) is 1. The van der Waals surface area contributed by atoms with Crippen molar-refractivity contribution in [1.82, 2.24) is 0 Å². The molecule has 0 aromatic carbocycles. The molecule has 0 aliphatic heterocycles. The molecule has 0 N–H and O–H groups in total. The molecular formula is C6H10BrClO2. The zero-order valence-corrected chi connectivity index (χ0v) is 8.49. The Hall–Kier alpha value is 0.240. The van der Waals surface area contributed by atoms with Crippen LogP contribution in [0.25, 0.3) is 0 Å². The average molecular weight is 230 g/mol. The first-order valence-corrected chi connectivity index (χ1v) is 4.11. The fourth-order valence-electron chi connectivity index (χ4n) is 0.288. The third kappa shape index (κ3) is 4.12. The summed E-state index contributed by atoms with van der Waals surface area (Å²) in [6, 6.07) is 0. The number of esters is 1. The van der Waals surface area contributed by atoms with Gasteiger partial charge in [0.25, 0.3) is 0 Å². The van der Waals surface area contributed by atoms with E-state index in [4.69, 9.17) is 16.3 Å². The number of alkyl halides is 2. The van der Waals surface area contributed by atoms with Crippen molar-refractivity contribution in [3.8, 4) is 0 Å². The van der Waals surface area contributed by atoms with Gasteiger partial charge in [-0.3, -0.25) is 4.79 Å². The van der Waals surface area contributed by atoms with Crippen LogP contribution in [0.4, 0.5) is 0 Å². The van der Waals surface area contributed by atoms with Crippen LogP contribution in [0.1, 0.15) is 20.8 Å². The molecule has 0 heterocycles. The molecule has 60 valence electrons. The molecule has 0 saturated carbocycles. The monoisotopic (exact) mass is 228 g/mol. The van der Waals surface area contributed by atoms with E-state index in [-0.39, 0.29) is 5.97 Å². The minimum Gasteiger partial charge on any atom is -0.445 e. The molecule has 0 bridgehead atoms. The predicted molar refractivity (Wildman–Crippen MR) is 44.4 cm³/mol. The fourth-order valence-corrected chi connectivity index (χ4v) is 0.462. The first-order chi connectivity index (χ1) is 4.34. The van der Waals surface area contributed by atoms with Gasteiger partial charge in [-0.15, -0.1) is 0 Å². The Balaban J connectivity index is 3.87. The van der Waals surface area contributed by atoms with Crippen LogP contribution in [-0.2, 0) is 9.53 Å². The SMILES string of the molecule is CC(Cl)OC(=O)C(C)(C)Br. The van der Waals surface area contributed by atoms with Crippen LogP contribution < -0.4 is 0 Å². The lowest BCUT2D eigenvalue weighted by Crippen LogP contribution is -2.28. The number of halogens is 2. The van der Waals surface area contributed by atoms with E-state index < -0.39 is 9.89 Å². The van der Waals surface area contributed by atoms with Gasteiger partial charge in [0.15, 0.2) is 5.56 Å². The molecule has 0 spiro atoms. The summed E-state index contributed by atoms with van der Waals surface area (Å²) in [5, 5.41) is 0. The van der Waals surface area contributed by atoms with Crippen LogP contribution in [-0.4, -0.2) is 15.9 Å². The summed E-state index contributed by atoms with van der Waals surface area (Å²) in [6.45, 7) is 5.00. The molecule has 0 rings (SSSR count). The van der Waals surface area contributed by atoms with E-state index in [1.54, 1.807) is 20.8 Å². The highest BCUT2D eigenvalue weighted by Crippen LogP contribution is 2.18. The zero-order chi connectivity index (χ0) is 8.36. The minimum atomic E-state index is -0.643. The topological polar surface area (TPSA) is 26.3 Å². The first kappa shape index (κ1) is 10.2. The summed E-state index contributed by atoms with van der Waals surface area (Å²) in [5.41, 5.74) is -0.565. The molecule has 0 amide bonds. The van der Waals surface area contributed by atoms with Crippen LogP contribution in [0.2, 0.25) is 0 Å². The molecular weight excluding hydrogens is 219 g/mol. The number of rotatable bonds is 2. The maximum Gasteiger partial charge on any atom is 0.323 e. The van der Waals surface area contributed by atoms with Gasteiger partial charge in [0.2, 0.25) is 0 Å². The van der Waals surface area contributed by atoms with Crippen LogP contribution in [0, 0.1) is 0 Å². The van der Waals surface area contributed by atoms with Crippen LogP contribution in [0.15, 0.2) is 0 Å². The Labute approximate surface area is 74.0 Å². The molecule has 1 unspecified atom stereocenters. The fraction of sp³-hybridized carbons (Fsp3) is 0.833. The number of carbonyl (C=O) groups is 1. The predicted octanol–water partition coefficient (Wildman–Crippen LogP) is 2.29. The summed E-state index contributed by atoms with van der Waals surface area (Å²) in [5.74, 6) is -0.352. The molecule has 0 aromatic heterocycles. The van der Waals surface area contributed by atoms with E-state index >= 15 is 0 Å². The molecule has 0 aliphatic carbocycles. The Kier molecular flexibility index (Phi) is 3.66. The van der Waals surface area contributed by atoms with Crippen molar-refractivity contribution in [2.75, 3.05) is 0 Å². The average Bonchev–Trinajstić information content (AvgIpc) is 1.60. The Morgan fingerprint density at radius 3 is 2.20 bits per heavy atom. The van der Waals surface area contributed by atoms with Gasteiger partial charge in [-0.25, -0.2) is 0 Å². The molecule has 0 saturated heterocycles. The van der Waals surface area contributed by atoms with Crippen molar-refractivity contribution in [3.63, 3.8) is 0 Å². The van der Waals surface area contributed by atoms with Crippen molar-refractivity contribution in [2.24, 2.45) is 0 Å². The number of hydrogen-bond acceptors (Lipinski definition) is 2. The van der Waals surface area contributed by atoms with Gasteiger partial charge in [0.05, 0.1) is 0 Å². The third-order valence-electron chi connectivity index (χ3n) is 0.755. The summed E-state index contributed by atoms with van der Waals surface area (Å²) in [4.78, 5) is 10.9. The van der Waals surface area contributed by atoms with Crippen molar-refractivity contribution in [2.45, 2.75) is 30.7 Å². The molecule has 1 atom stereocenters. The van der Waals surface area contributed by atoms with Crippen molar-refractivity contribution in [1.29, 1.82) is 0 Å². The second-order valence-corrected chi connectivity index (χ2v) is 5.02. The van der Waals surface area contributed by atoms with Crippen molar-refractivity contribution >= 4 is 33.5 Å². The van der Waals surface area contributed by atoms with Crippen molar-refractivity contribution in [3.05, 3.63) is 0 Å². The van der Waals surface area contributed by atoms with Crippen LogP contribution in [0.3, 0.4) is 0 Å². The third-order valence-corrected chi connectivity index (χ3v) is 1.17. The van der Waals surface area contributed by atoms with Crippen LogP contribution >= 0.6 is 27.5 Å². The van der Waals surface area contributed by atoms with Gasteiger partial charge in [-0.05, 0) is 20.8 Å². The minimum absolute atomic E-state index is 0.352. The first-order valence-electron chi connectivity index (χ1n) is 2.88. The lowest BCUT2D eigenvalue weighted by atomic mass is 10.2. The van der Waals surface area contributed by atoms with Gasteiger partial charge >= 0.3 is 5.97 Å². The van der Waals surface area contributed by atoms with Gasteiger partial charge < -0.3 is 4.74 Å². The molecule has 2 nitrogen and oxygen atoms in total. The molecule has 0 fully saturated rings. The molecule has 4 heteroatoms. The van der Waals surface area contributed by atoms with E-state index in [0.717, 1.165) is 0 Å². The molecule has 0 aromatic rings. The Morgan fingerprint density at radius 1 is 1.70 bits per heavy atom. The van der Waals surface area contributed by atoms with Gasteiger partial charge in [0.1, 0.15) is 4.32 Å². The lowest BCUT2D eigenvalue weighted by molar-refractivity contribution is -0.146. The van der Waals surface area contributed by atoms with Gasteiger partial charge in [-0.1, -0.05) is 27.5 Å². The Bertz CT molecular complexity index is 128. The summed E-state index contributed by atoms with van der Waals surface area (Å²) in [6.07, 6.45) is 0. The maximum atomic E-state index is 10.9. The standard InChI is InChI=1S/C6H10BrClO2/c1-4(8)10-5(9)6(2,3)7/h4H,1-3H3. The van der Waals surface area contributed by atoms with E-state index in [1.807, 2.05) is 0 Å². The van der Waals surface area contributed by atoms with E-state index in [0.29, 0.717) is 0 Å². The largest absolute Gasteiger partial charge is 0.445 e. The number of hydrogen-bond donors (Lipinski definition) is 0. The van der Waals surface area contributed by atoms with Crippen LogP contribution in [0.5, 0.6) is 0 Å². The summed E-state index contributed by atoms with van der Waals surface area (Å²) >= 11 is 8.55. The van der Waals surface area contributed by atoms with Gasteiger partial charge in [-0.2, -0.15) is 0 Å². The molecule has 0 radical (unpaired) electrons. The van der Waals surface area contributed by atoms with Gasteiger partial charge in [0, 0.05) is 0 Å². The summed E-state index contributed by atoms with van der Waals surface area (Å²) < 4.78 is 4.05. The number of carbonyl (C=O) groups excluding carboxylic acids is 1. The Morgan fingerprint density at radius 2 is 2.10 bits per heavy atom. The highest BCUT2D eigenvalue weighted by atomic mass is 79.9. The normalized spacial score (nSPS) is 14.5. The van der Waals surface area contributed by atoms with E-state index in [1.165, 1.54) is 0 Å². The maximum absolute atomic E-state index is 10.9. The highest BCUT2D eigenvalue weighted by molar-refractivity contribution is 9.10. The highest BCUT2D eigenvalue weighted by Gasteiger charge is 2.26.